The van der Waals surface area contributed by atoms with E-state index in [0.29, 0.717) is 0 Å². The summed E-state index contributed by atoms with van der Waals surface area (Å²) >= 11 is 0. The van der Waals surface area contributed by atoms with Crippen molar-refractivity contribution < 1.29 is 0 Å². The zero-order chi connectivity index (χ0) is 11.0. The smallest absolute Gasteiger partial charge is 0.0524 e. The molecule has 1 aromatic rings. The molecule has 0 aromatic heterocycles. The van der Waals surface area contributed by atoms with Crippen molar-refractivity contribution in [2.75, 3.05) is 18.0 Å². The summed E-state index contributed by atoms with van der Waals surface area (Å²) < 4.78 is 0. The fourth-order valence-corrected chi connectivity index (χ4v) is 3.20. The Labute approximate surface area is 97.4 Å². The summed E-state index contributed by atoms with van der Waals surface area (Å²) in [5.41, 5.74) is 9.25. The maximum Gasteiger partial charge on any atom is 0.0524 e. The third-order valence-corrected chi connectivity index (χ3v) is 4.35. The van der Waals surface area contributed by atoms with Gasteiger partial charge in [-0.3, -0.25) is 0 Å². The van der Waals surface area contributed by atoms with E-state index in [1.54, 1.807) is 0 Å². The Morgan fingerprint density at radius 1 is 1.19 bits per heavy atom. The number of nitrogens with zero attached hydrogens (tertiary/aromatic N) is 1. The van der Waals surface area contributed by atoms with Crippen LogP contribution in [-0.4, -0.2) is 18.6 Å². The average molecular weight is 216 g/mol. The topological polar surface area (TPSA) is 29.3 Å². The molecule has 1 fully saturated rings. The van der Waals surface area contributed by atoms with Crippen LogP contribution >= 0.6 is 0 Å². The number of hydrogen-bond acceptors (Lipinski definition) is 2. The molecule has 0 spiro atoms. The lowest BCUT2D eigenvalue weighted by molar-refractivity contribution is 0.232. The highest BCUT2D eigenvalue weighted by atomic mass is 15.2. The highest BCUT2D eigenvalue weighted by molar-refractivity contribution is 5.58. The molecule has 0 atom stereocenters. The van der Waals surface area contributed by atoms with Gasteiger partial charge in [0, 0.05) is 18.8 Å². The molecule has 3 rings (SSSR count). The molecule has 1 heterocycles. The van der Waals surface area contributed by atoms with E-state index in [0.717, 1.165) is 6.54 Å². The molecule has 16 heavy (non-hydrogen) atoms. The first-order valence-corrected chi connectivity index (χ1v) is 6.41. The molecule has 2 heteroatoms. The van der Waals surface area contributed by atoms with Gasteiger partial charge in [0.1, 0.15) is 0 Å². The van der Waals surface area contributed by atoms with Crippen LogP contribution in [0, 0.1) is 0 Å². The molecule has 1 saturated carbocycles. The van der Waals surface area contributed by atoms with Gasteiger partial charge in [-0.25, -0.2) is 0 Å². The van der Waals surface area contributed by atoms with E-state index in [9.17, 15) is 0 Å². The zero-order valence-corrected chi connectivity index (χ0v) is 9.78. The standard InChI is InChI=1S/C14H20N2/c15-11-14(8-4-9-14)16-10-3-6-12-5-1-2-7-13(12)16/h1-2,5,7H,3-4,6,8-11,15H2. The summed E-state index contributed by atoms with van der Waals surface area (Å²) in [4.78, 5) is 2.59. The Morgan fingerprint density at radius 3 is 2.69 bits per heavy atom. The van der Waals surface area contributed by atoms with E-state index in [4.69, 9.17) is 5.73 Å². The third-order valence-electron chi connectivity index (χ3n) is 4.35. The van der Waals surface area contributed by atoms with Gasteiger partial charge in [-0.05, 0) is 43.7 Å². The first kappa shape index (κ1) is 10.2. The second kappa shape index (κ2) is 3.77. The molecule has 1 aliphatic heterocycles. The molecule has 0 amide bonds. The number of rotatable bonds is 2. The second-order valence-corrected chi connectivity index (χ2v) is 5.17. The van der Waals surface area contributed by atoms with Crippen LogP contribution in [-0.2, 0) is 6.42 Å². The minimum absolute atomic E-state index is 0.288. The summed E-state index contributed by atoms with van der Waals surface area (Å²) in [5.74, 6) is 0. The lowest BCUT2D eigenvalue weighted by Gasteiger charge is -2.53. The molecule has 1 aromatic carbocycles. The maximum absolute atomic E-state index is 6.02. The number of aryl methyl sites for hydroxylation is 1. The highest BCUT2D eigenvalue weighted by Gasteiger charge is 2.42. The van der Waals surface area contributed by atoms with Crippen molar-refractivity contribution in [1.82, 2.24) is 0 Å². The Balaban J connectivity index is 1.98. The molecule has 0 saturated heterocycles. The van der Waals surface area contributed by atoms with Crippen molar-refractivity contribution in [3.63, 3.8) is 0 Å². The molecule has 2 nitrogen and oxygen atoms in total. The van der Waals surface area contributed by atoms with Crippen LogP contribution in [0.25, 0.3) is 0 Å². The van der Waals surface area contributed by atoms with Crippen LogP contribution < -0.4 is 10.6 Å². The van der Waals surface area contributed by atoms with Crippen molar-refractivity contribution in [1.29, 1.82) is 0 Å². The Hall–Kier alpha value is -1.02. The van der Waals surface area contributed by atoms with Crippen molar-refractivity contribution in [2.24, 2.45) is 5.73 Å². The largest absolute Gasteiger partial charge is 0.364 e. The normalized spacial score (nSPS) is 22.4. The molecule has 0 unspecified atom stereocenters. The minimum atomic E-state index is 0.288. The summed E-state index contributed by atoms with van der Waals surface area (Å²) in [7, 11) is 0. The van der Waals surface area contributed by atoms with Gasteiger partial charge < -0.3 is 10.6 Å². The lowest BCUT2D eigenvalue weighted by Crippen LogP contribution is -2.60. The van der Waals surface area contributed by atoms with Gasteiger partial charge in [0.15, 0.2) is 0 Å². The summed E-state index contributed by atoms with van der Waals surface area (Å²) in [6.07, 6.45) is 6.40. The molecular formula is C14H20N2. The van der Waals surface area contributed by atoms with Crippen LogP contribution in [0.15, 0.2) is 24.3 Å². The number of nitrogens with two attached hydrogens (primary N) is 1. The van der Waals surface area contributed by atoms with E-state index in [1.165, 1.54) is 49.9 Å². The van der Waals surface area contributed by atoms with Gasteiger partial charge in [-0.1, -0.05) is 18.2 Å². The lowest BCUT2D eigenvalue weighted by atomic mass is 9.74. The van der Waals surface area contributed by atoms with Crippen molar-refractivity contribution in [3.8, 4) is 0 Å². The Kier molecular flexibility index (Phi) is 2.40. The van der Waals surface area contributed by atoms with E-state index >= 15 is 0 Å². The highest BCUT2D eigenvalue weighted by Crippen LogP contribution is 2.42. The quantitative estimate of drug-likeness (QED) is 0.822. The van der Waals surface area contributed by atoms with E-state index in [1.807, 2.05) is 0 Å². The van der Waals surface area contributed by atoms with Crippen LogP contribution in [0.4, 0.5) is 5.69 Å². The number of hydrogen-bond donors (Lipinski definition) is 1. The molecule has 1 aliphatic carbocycles. The van der Waals surface area contributed by atoms with Gasteiger partial charge in [0.2, 0.25) is 0 Å². The molecule has 2 aliphatic rings. The monoisotopic (exact) mass is 216 g/mol. The first-order valence-electron chi connectivity index (χ1n) is 6.41. The molecule has 0 bridgehead atoms. The summed E-state index contributed by atoms with van der Waals surface area (Å²) in [6, 6.07) is 8.84. The number of fused-ring (bicyclic) bond motifs is 1. The molecule has 86 valence electrons. The average Bonchev–Trinajstić information content (AvgIpc) is 2.29. The van der Waals surface area contributed by atoms with Crippen molar-refractivity contribution >= 4 is 5.69 Å². The van der Waals surface area contributed by atoms with E-state index in [-0.39, 0.29) is 5.54 Å². The summed E-state index contributed by atoms with van der Waals surface area (Å²) in [5, 5.41) is 0. The second-order valence-electron chi connectivity index (χ2n) is 5.17. The number of para-hydroxylation sites is 1. The van der Waals surface area contributed by atoms with Gasteiger partial charge in [0.25, 0.3) is 0 Å². The predicted molar refractivity (Wildman–Crippen MR) is 67.7 cm³/mol. The minimum Gasteiger partial charge on any atom is -0.364 e. The molecule has 2 N–H and O–H groups in total. The Bertz CT molecular complexity index is 377. The van der Waals surface area contributed by atoms with Crippen molar-refractivity contribution in [3.05, 3.63) is 29.8 Å². The Morgan fingerprint density at radius 2 is 2.00 bits per heavy atom. The maximum atomic E-state index is 6.02. The molecular weight excluding hydrogens is 196 g/mol. The third kappa shape index (κ3) is 1.36. The first-order chi connectivity index (χ1) is 7.86. The van der Waals surface area contributed by atoms with Gasteiger partial charge in [0.05, 0.1) is 5.54 Å². The molecule has 0 radical (unpaired) electrons. The zero-order valence-electron chi connectivity index (χ0n) is 9.78. The van der Waals surface area contributed by atoms with Crippen molar-refractivity contribution in [2.45, 2.75) is 37.6 Å². The van der Waals surface area contributed by atoms with Crippen LogP contribution in [0.2, 0.25) is 0 Å². The van der Waals surface area contributed by atoms with Gasteiger partial charge in [-0.2, -0.15) is 0 Å². The van der Waals surface area contributed by atoms with Crippen LogP contribution in [0.5, 0.6) is 0 Å². The van der Waals surface area contributed by atoms with Crippen LogP contribution in [0.1, 0.15) is 31.2 Å². The number of benzene rings is 1. The number of anilines is 1. The van der Waals surface area contributed by atoms with Crippen LogP contribution in [0.3, 0.4) is 0 Å². The predicted octanol–water partition coefficient (Wildman–Crippen LogP) is 2.32. The SMILES string of the molecule is NCC1(N2CCCc3ccccc32)CCC1. The van der Waals surface area contributed by atoms with Gasteiger partial charge in [-0.15, -0.1) is 0 Å². The van der Waals surface area contributed by atoms with E-state index in [2.05, 4.69) is 29.2 Å². The van der Waals surface area contributed by atoms with Gasteiger partial charge >= 0.3 is 0 Å². The fraction of sp³-hybridized carbons (Fsp3) is 0.571. The van der Waals surface area contributed by atoms with E-state index < -0.39 is 0 Å². The fourth-order valence-electron chi connectivity index (χ4n) is 3.20. The summed E-state index contributed by atoms with van der Waals surface area (Å²) in [6.45, 7) is 2.00.